The van der Waals surface area contributed by atoms with E-state index in [2.05, 4.69) is 16.0 Å². The Hall–Kier alpha value is -2.66. The van der Waals surface area contributed by atoms with Crippen molar-refractivity contribution in [1.29, 1.82) is 0 Å². The standard InChI is InChI=1S/C16H21N3O4S2.CH3NO/c1-4-23-12-6-5-11(16(2,3)14-18-7-8-24-14)9-13(12)25(21,22)10-19-15(17)20;2-1-3/h5-9H,4,10H2,1-3H3,(H3,17,19,20);1H,(H2,2,3). The van der Waals surface area contributed by atoms with Crippen molar-refractivity contribution in [3.8, 4) is 5.75 Å². The fourth-order valence-electron chi connectivity index (χ4n) is 2.31. The molecule has 0 fully saturated rings. The van der Waals surface area contributed by atoms with Gasteiger partial charge in [-0.1, -0.05) is 6.07 Å². The Kier molecular flexibility index (Phi) is 8.38. The van der Waals surface area contributed by atoms with Crippen molar-refractivity contribution in [2.75, 3.05) is 12.5 Å². The molecule has 2 rings (SSSR count). The van der Waals surface area contributed by atoms with E-state index in [0.29, 0.717) is 6.61 Å². The molecule has 0 spiro atoms. The molecule has 2 aromatic rings. The fraction of sp³-hybridized carbons (Fsp3) is 0.353. The number of amides is 3. The van der Waals surface area contributed by atoms with Gasteiger partial charge in [0.1, 0.15) is 21.5 Å². The largest absolute Gasteiger partial charge is 0.493 e. The topological polar surface area (TPSA) is 154 Å². The predicted molar refractivity (Wildman–Crippen MR) is 107 cm³/mol. The number of aromatic nitrogens is 1. The molecule has 5 N–H and O–H groups in total. The van der Waals surface area contributed by atoms with E-state index in [-0.39, 0.29) is 17.1 Å². The van der Waals surface area contributed by atoms with E-state index < -0.39 is 27.2 Å². The van der Waals surface area contributed by atoms with Crippen molar-refractivity contribution < 1.29 is 22.7 Å². The molecule has 0 aliphatic heterocycles. The number of urea groups is 1. The number of hydrogen-bond donors (Lipinski definition) is 3. The molecule has 0 bridgehead atoms. The lowest BCUT2D eigenvalue weighted by Gasteiger charge is -2.24. The molecule has 1 aromatic carbocycles. The first kappa shape index (κ1) is 23.4. The number of carbonyl (C=O) groups excluding carboxylic acids is 2. The summed E-state index contributed by atoms with van der Waals surface area (Å²) in [5.41, 5.74) is 9.46. The molecule has 0 saturated heterocycles. The zero-order valence-corrected chi connectivity index (χ0v) is 17.5. The van der Waals surface area contributed by atoms with Crippen molar-refractivity contribution >= 4 is 33.6 Å². The van der Waals surface area contributed by atoms with E-state index in [1.54, 1.807) is 25.3 Å². The van der Waals surface area contributed by atoms with Crippen molar-refractivity contribution in [2.45, 2.75) is 31.1 Å². The van der Waals surface area contributed by atoms with Gasteiger partial charge in [0.2, 0.25) is 6.41 Å². The summed E-state index contributed by atoms with van der Waals surface area (Å²) >= 11 is 1.50. The van der Waals surface area contributed by atoms with Crippen LogP contribution >= 0.6 is 11.3 Å². The molecule has 154 valence electrons. The minimum absolute atomic E-state index is 0.0187. The Labute approximate surface area is 168 Å². The zero-order chi connectivity index (χ0) is 21.4. The Morgan fingerprint density at radius 2 is 2.04 bits per heavy atom. The van der Waals surface area contributed by atoms with Crippen LogP contribution in [0.2, 0.25) is 0 Å². The SMILES string of the molecule is CCOc1ccc(C(C)(C)c2nccs2)cc1S(=O)(=O)CNC(N)=O.NC=O. The summed E-state index contributed by atoms with van der Waals surface area (Å²) in [6.45, 7) is 6.03. The number of nitrogens with two attached hydrogens (primary N) is 2. The highest BCUT2D eigenvalue weighted by Gasteiger charge is 2.29. The number of primary amides is 2. The Bertz CT molecular complexity index is 896. The predicted octanol–water partition coefficient (Wildman–Crippen LogP) is 1.37. The summed E-state index contributed by atoms with van der Waals surface area (Å²) in [5, 5.41) is 4.87. The number of carbonyl (C=O) groups is 2. The summed E-state index contributed by atoms with van der Waals surface area (Å²) in [4.78, 5) is 23.8. The third kappa shape index (κ3) is 5.92. The van der Waals surface area contributed by atoms with Gasteiger partial charge in [0.15, 0.2) is 9.84 Å². The quantitative estimate of drug-likeness (QED) is 0.566. The van der Waals surface area contributed by atoms with E-state index in [1.807, 2.05) is 25.3 Å². The molecule has 0 unspecified atom stereocenters. The number of hydrogen-bond acceptors (Lipinski definition) is 7. The van der Waals surface area contributed by atoms with Gasteiger partial charge in [0, 0.05) is 17.0 Å². The van der Waals surface area contributed by atoms with Crippen LogP contribution in [0.4, 0.5) is 4.79 Å². The van der Waals surface area contributed by atoms with Crippen LogP contribution in [-0.2, 0) is 20.0 Å². The monoisotopic (exact) mass is 428 g/mol. The van der Waals surface area contributed by atoms with E-state index in [1.165, 1.54) is 11.3 Å². The van der Waals surface area contributed by atoms with Crippen LogP contribution < -0.4 is 21.5 Å². The zero-order valence-electron chi connectivity index (χ0n) is 15.8. The first-order valence-electron chi connectivity index (χ1n) is 8.18. The van der Waals surface area contributed by atoms with E-state index >= 15 is 0 Å². The van der Waals surface area contributed by atoms with Gasteiger partial charge in [-0.15, -0.1) is 11.3 Å². The molecule has 3 amide bonds. The van der Waals surface area contributed by atoms with Crippen LogP contribution in [-0.4, -0.2) is 38.3 Å². The van der Waals surface area contributed by atoms with Gasteiger partial charge in [0.05, 0.1) is 6.61 Å². The molecule has 0 atom stereocenters. The molecule has 0 aliphatic rings. The summed E-state index contributed by atoms with van der Waals surface area (Å²) in [6.07, 6.45) is 1.96. The lowest BCUT2D eigenvalue weighted by molar-refractivity contribution is -0.106. The summed E-state index contributed by atoms with van der Waals surface area (Å²) in [5.74, 6) is -0.351. The van der Waals surface area contributed by atoms with Crippen LogP contribution in [0.25, 0.3) is 0 Å². The molecule has 0 aliphatic carbocycles. The second-order valence-electron chi connectivity index (χ2n) is 5.99. The highest BCUT2D eigenvalue weighted by molar-refractivity contribution is 7.91. The van der Waals surface area contributed by atoms with Crippen LogP contribution in [0.5, 0.6) is 5.75 Å². The van der Waals surface area contributed by atoms with Crippen molar-refractivity contribution in [3.05, 3.63) is 40.3 Å². The van der Waals surface area contributed by atoms with Gasteiger partial charge in [-0.05, 0) is 38.5 Å². The van der Waals surface area contributed by atoms with E-state index in [9.17, 15) is 13.2 Å². The van der Waals surface area contributed by atoms with Crippen molar-refractivity contribution in [3.63, 3.8) is 0 Å². The minimum atomic E-state index is -3.81. The summed E-state index contributed by atoms with van der Waals surface area (Å²) in [7, 11) is -3.81. The number of benzene rings is 1. The first-order chi connectivity index (χ1) is 13.1. The number of rotatable bonds is 7. The van der Waals surface area contributed by atoms with Crippen LogP contribution in [0, 0.1) is 0 Å². The average Bonchev–Trinajstić information content (AvgIpc) is 3.17. The molecular formula is C17H24N4O5S2. The Morgan fingerprint density at radius 3 is 2.54 bits per heavy atom. The van der Waals surface area contributed by atoms with Crippen LogP contribution in [0.1, 0.15) is 31.3 Å². The van der Waals surface area contributed by atoms with Gasteiger partial charge >= 0.3 is 6.03 Å². The van der Waals surface area contributed by atoms with Gasteiger partial charge in [-0.3, -0.25) is 4.79 Å². The molecule has 28 heavy (non-hydrogen) atoms. The normalized spacial score (nSPS) is 11.1. The molecule has 1 heterocycles. The third-order valence-corrected chi connectivity index (χ3v) is 6.31. The molecule has 9 nitrogen and oxygen atoms in total. The molecular weight excluding hydrogens is 404 g/mol. The Morgan fingerprint density at radius 1 is 1.39 bits per heavy atom. The van der Waals surface area contributed by atoms with Gasteiger partial charge < -0.3 is 21.5 Å². The lowest BCUT2D eigenvalue weighted by Crippen LogP contribution is -2.34. The van der Waals surface area contributed by atoms with Gasteiger partial charge in [0.25, 0.3) is 0 Å². The smallest absolute Gasteiger partial charge is 0.313 e. The fourth-order valence-corrected chi connectivity index (χ4v) is 4.33. The molecule has 0 saturated carbocycles. The minimum Gasteiger partial charge on any atom is -0.493 e. The highest BCUT2D eigenvalue weighted by atomic mass is 32.2. The highest BCUT2D eigenvalue weighted by Crippen LogP contribution is 2.36. The maximum atomic E-state index is 12.6. The summed E-state index contributed by atoms with van der Waals surface area (Å²) < 4.78 is 30.7. The number of thiazole rings is 1. The molecule has 11 heteroatoms. The maximum absolute atomic E-state index is 12.6. The molecule has 0 radical (unpaired) electrons. The van der Waals surface area contributed by atoms with E-state index in [4.69, 9.17) is 15.3 Å². The first-order valence-corrected chi connectivity index (χ1v) is 10.7. The van der Waals surface area contributed by atoms with Gasteiger partial charge in [-0.25, -0.2) is 18.2 Å². The van der Waals surface area contributed by atoms with Crippen LogP contribution in [0.15, 0.2) is 34.7 Å². The number of nitrogens with one attached hydrogen (secondary N) is 1. The maximum Gasteiger partial charge on any atom is 0.313 e. The number of ether oxygens (including phenoxy) is 1. The van der Waals surface area contributed by atoms with Crippen LogP contribution in [0.3, 0.4) is 0 Å². The van der Waals surface area contributed by atoms with Crippen molar-refractivity contribution in [1.82, 2.24) is 10.3 Å². The molecule has 1 aromatic heterocycles. The number of sulfone groups is 1. The summed E-state index contributed by atoms with van der Waals surface area (Å²) in [6, 6.07) is 4.13. The number of nitrogens with zero attached hydrogens (tertiary/aromatic N) is 1. The Balaban J connectivity index is 0.00000122. The lowest BCUT2D eigenvalue weighted by atomic mass is 9.85. The van der Waals surface area contributed by atoms with E-state index in [0.717, 1.165) is 10.6 Å². The second-order valence-corrected chi connectivity index (χ2v) is 8.85. The average molecular weight is 429 g/mol. The van der Waals surface area contributed by atoms with Gasteiger partial charge in [-0.2, -0.15) is 0 Å². The third-order valence-electron chi connectivity index (χ3n) is 3.70. The van der Waals surface area contributed by atoms with Crippen molar-refractivity contribution in [2.24, 2.45) is 11.5 Å². The second kappa shape index (κ2) is 10.0.